The lowest BCUT2D eigenvalue weighted by molar-refractivity contribution is -0.137. The smallest absolute Gasteiger partial charge is 0.368 e. The lowest BCUT2D eigenvalue weighted by atomic mass is 9.98. The van der Waals surface area contributed by atoms with Crippen LogP contribution in [0.2, 0.25) is 0 Å². The maximum Gasteiger partial charge on any atom is 0.416 e. The molecule has 2 unspecified atom stereocenters. The van der Waals surface area contributed by atoms with Crippen molar-refractivity contribution in [2.24, 2.45) is 0 Å². The topological polar surface area (TPSA) is 47.6 Å². The van der Waals surface area contributed by atoms with E-state index in [1.165, 1.54) is 23.3 Å². The average molecular weight is 432 g/mol. The largest absolute Gasteiger partial charge is 0.416 e. The fourth-order valence-corrected chi connectivity index (χ4v) is 4.20. The molecule has 2 aromatic carbocycles. The van der Waals surface area contributed by atoms with E-state index < -0.39 is 11.7 Å². The van der Waals surface area contributed by atoms with E-state index in [1.807, 2.05) is 4.90 Å². The molecule has 0 bridgehead atoms. The Hall–Kier alpha value is -2.58. The Bertz CT molecular complexity index is 954. The number of rotatable bonds is 3. The van der Waals surface area contributed by atoms with Gasteiger partial charge < -0.3 is 9.80 Å². The third-order valence-corrected chi connectivity index (χ3v) is 6.26. The lowest BCUT2D eigenvalue weighted by Crippen LogP contribution is -2.53. The standard InChI is InChI=1S/C23H27F3N4O/c1-15-6-7-17(12-16(15)2)20-14-21(28-27-20)22(31)30-10-8-29(9-11-30)19-5-3-4-18(13-19)23(24,25)26/h3-7,12-13,20-21,27-28H,8-11,14H2,1-2H3. The highest BCUT2D eigenvalue weighted by atomic mass is 19.4. The molecule has 2 heterocycles. The first-order chi connectivity index (χ1) is 14.7. The first kappa shape index (κ1) is 21.6. The summed E-state index contributed by atoms with van der Waals surface area (Å²) < 4.78 is 39.0. The van der Waals surface area contributed by atoms with Gasteiger partial charge in [0, 0.05) is 37.9 Å². The molecule has 2 atom stereocenters. The summed E-state index contributed by atoms with van der Waals surface area (Å²) in [4.78, 5) is 16.7. The van der Waals surface area contributed by atoms with Gasteiger partial charge in [0.1, 0.15) is 6.04 Å². The van der Waals surface area contributed by atoms with E-state index in [0.717, 1.165) is 11.6 Å². The first-order valence-electron chi connectivity index (χ1n) is 10.5. The molecule has 0 spiro atoms. The van der Waals surface area contributed by atoms with Gasteiger partial charge in [0.25, 0.3) is 0 Å². The Labute approximate surface area is 180 Å². The Morgan fingerprint density at radius 1 is 0.968 bits per heavy atom. The van der Waals surface area contributed by atoms with Gasteiger partial charge in [-0.3, -0.25) is 4.79 Å². The minimum atomic E-state index is -4.36. The number of nitrogens with one attached hydrogen (secondary N) is 2. The fourth-order valence-electron chi connectivity index (χ4n) is 4.20. The van der Waals surface area contributed by atoms with Gasteiger partial charge in [-0.1, -0.05) is 24.3 Å². The zero-order chi connectivity index (χ0) is 22.2. The van der Waals surface area contributed by atoms with Crippen LogP contribution in [0.3, 0.4) is 0 Å². The Morgan fingerprint density at radius 3 is 2.39 bits per heavy atom. The number of nitrogens with zero attached hydrogens (tertiary/aromatic N) is 2. The summed E-state index contributed by atoms with van der Waals surface area (Å²) in [5.74, 6) is 0.0301. The van der Waals surface area contributed by atoms with Crippen LogP contribution in [-0.4, -0.2) is 43.0 Å². The van der Waals surface area contributed by atoms with Gasteiger partial charge in [0.2, 0.25) is 5.91 Å². The number of hydrogen-bond acceptors (Lipinski definition) is 4. The van der Waals surface area contributed by atoms with Crippen molar-refractivity contribution in [1.82, 2.24) is 15.8 Å². The van der Waals surface area contributed by atoms with Crippen LogP contribution in [0.25, 0.3) is 0 Å². The van der Waals surface area contributed by atoms with Crippen molar-refractivity contribution in [2.45, 2.75) is 38.5 Å². The molecule has 166 valence electrons. The maximum atomic E-state index is 13.0. The van der Waals surface area contributed by atoms with Crippen LogP contribution >= 0.6 is 0 Å². The molecule has 2 N–H and O–H groups in total. The van der Waals surface area contributed by atoms with Crippen molar-refractivity contribution in [3.8, 4) is 0 Å². The average Bonchev–Trinajstić information content (AvgIpc) is 3.25. The normalized spacial score (nSPS) is 22.1. The third-order valence-electron chi connectivity index (χ3n) is 6.26. The molecule has 31 heavy (non-hydrogen) atoms. The van der Waals surface area contributed by atoms with Crippen molar-refractivity contribution < 1.29 is 18.0 Å². The van der Waals surface area contributed by atoms with Crippen molar-refractivity contribution >= 4 is 11.6 Å². The van der Waals surface area contributed by atoms with E-state index in [-0.39, 0.29) is 18.0 Å². The molecular formula is C23H27F3N4O. The van der Waals surface area contributed by atoms with Gasteiger partial charge in [0.15, 0.2) is 0 Å². The zero-order valence-corrected chi connectivity index (χ0v) is 17.7. The number of amides is 1. The Kier molecular flexibility index (Phi) is 5.94. The van der Waals surface area contributed by atoms with Crippen molar-refractivity contribution in [3.05, 3.63) is 64.7 Å². The van der Waals surface area contributed by atoms with E-state index in [4.69, 9.17) is 0 Å². The van der Waals surface area contributed by atoms with Gasteiger partial charge in [-0.05, 0) is 55.2 Å². The zero-order valence-electron chi connectivity index (χ0n) is 17.7. The number of hydrazine groups is 1. The van der Waals surface area contributed by atoms with Crippen LogP contribution in [0.4, 0.5) is 18.9 Å². The number of anilines is 1. The summed E-state index contributed by atoms with van der Waals surface area (Å²) in [7, 11) is 0. The predicted octanol–water partition coefficient (Wildman–Crippen LogP) is 3.58. The van der Waals surface area contributed by atoms with Crippen molar-refractivity contribution in [3.63, 3.8) is 0 Å². The summed E-state index contributed by atoms with van der Waals surface area (Å²) in [6, 6.07) is 11.4. The molecule has 2 aliphatic rings. The number of piperazine rings is 1. The van der Waals surface area contributed by atoms with E-state index >= 15 is 0 Å². The van der Waals surface area contributed by atoms with Crippen LogP contribution in [0.1, 0.15) is 34.7 Å². The molecule has 2 aliphatic heterocycles. The monoisotopic (exact) mass is 432 g/mol. The molecule has 1 amide bonds. The second-order valence-electron chi connectivity index (χ2n) is 8.33. The molecule has 2 fully saturated rings. The van der Waals surface area contributed by atoms with E-state index in [2.05, 4.69) is 42.9 Å². The molecule has 0 saturated carbocycles. The third kappa shape index (κ3) is 4.70. The molecular weight excluding hydrogens is 405 g/mol. The van der Waals surface area contributed by atoms with Crippen LogP contribution in [0.5, 0.6) is 0 Å². The number of carbonyl (C=O) groups is 1. The van der Waals surface area contributed by atoms with E-state index in [9.17, 15) is 18.0 Å². The van der Waals surface area contributed by atoms with Gasteiger partial charge in [0.05, 0.1) is 5.56 Å². The van der Waals surface area contributed by atoms with Gasteiger partial charge in [-0.15, -0.1) is 0 Å². The highest BCUT2D eigenvalue weighted by Gasteiger charge is 2.35. The summed E-state index contributed by atoms with van der Waals surface area (Å²) in [6.07, 6.45) is -3.70. The van der Waals surface area contributed by atoms with Crippen LogP contribution in [0.15, 0.2) is 42.5 Å². The van der Waals surface area contributed by atoms with E-state index in [0.29, 0.717) is 38.3 Å². The molecule has 2 aromatic rings. The quantitative estimate of drug-likeness (QED) is 0.779. The van der Waals surface area contributed by atoms with Crippen LogP contribution in [-0.2, 0) is 11.0 Å². The number of aryl methyl sites for hydroxylation is 2. The maximum absolute atomic E-state index is 13.0. The molecule has 2 saturated heterocycles. The number of benzene rings is 2. The summed E-state index contributed by atoms with van der Waals surface area (Å²) in [5, 5.41) is 0. The summed E-state index contributed by atoms with van der Waals surface area (Å²) in [6.45, 7) is 6.14. The molecule has 0 radical (unpaired) electrons. The molecule has 0 aromatic heterocycles. The number of alkyl halides is 3. The number of hydrogen-bond donors (Lipinski definition) is 2. The molecule has 8 heteroatoms. The van der Waals surface area contributed by atoms with Crippen molar-refractivity contribution in [1.29, 1.82) is 0 Å². The molecule has 5 nitrogen and oxygen atoms in total. The lowest BCUT2D eigenvalue weighted by Gasteiger charge is -2.37. The fraction of sp³-hybridized carbons (Fsp3) is 0.435. The minimum absolute atomic E-state index is 0.0301. The Balaban J connectivity index is 1.34. The molecule has 0 aliphatic carbocycles. The minimum Gasteiger partial charge on any atom is -0.368 e. The second-order valence-corrected chi connectivity index (χ2v) is 8.33. The Morgan fingerprint density at radius 2 is 1.71 bits per heavy atom. The first-order valence-corrected chi connectivity index (χ1v) is 10.5. The highest BCUT2D eigenvalue weighted by Crippen LogP contribution is 2.32. The predicted molar refractivity (Wildman–Crippen MR) is 114 cm³/mol. The van der Waals surface area contributed by atoms with Gasteiger partial charge in [-0.25, -0.2) is 10.9 Å². The van der Waals surface area contributed by atoms with E-state index in [1.54, 1.807) is 11.0 Å². The second kappa shape index (κ2) is 8.51. The van der Waals surface area contributed by atoms with Gasteiger partial charge in [-0.2, -0.15) is 13.2 Å². The van der Waals surface area contributed by atoms with Crippen LogP contribution in [0, 0.1) is 13.8 Å². The van der Waals surface area contributed by atoms with Gasteiger partial charge >= 0.3 is 6.18 Å². The highest BCUT2D eigenvalue weighted by molar-refractivity contribution is 5.82. The number of halogens is 3. The SMILES string of the molecule is Cc1ccc(C2CC(C(=O)N3CCN(c4cccc(C(F)(F)F)c4)CC3)NN2)cc1C. The van der Waals surface area contributed by atoms with Crippen LogP contribution < -0.4 is 15.8 Å². The molecule has 4 rings (SSSR count). The number of carbonyl (C=O) groups excluding carboxylic acids is 1. The summed E-state index contributed by atoms with van der Waals surface area (Å²) in [5.41, 5.74) is 9.85. The summed E-state index contributed by atoms with van der Waals surface area (Å²) >= 11 is 0. The van der Waals surface area contributed by atoms with Crippen molar-refractivity contribution in [2.75, 3.05) is 31.1 Å².